The molecule has 0 atom stereocenters. The van der Waals surface area contributed by atoms with Gasteiger partial charge in [-0.2, -0.15) is 0 Å². The average molecular weight is 300 g/mol. The van der Waals surface area contributed by atoms with Crippen LogP contribution in [0.3, 0.4) is 0 Å². The summed E-state index contributed by atoms with van der Waals surface area (Å²) >= 11 is 2.46. The summed E-state index contributed by atoms with van der Waals surface area (Å²) in [4.78, 5) is 0. The lowest BCUT2D eigenvalue weighted by Gasteiger charge is -2.21. The fourth-order valence-electron chi connectivity index (χ4n) is 0.937. The number of rotatable bonds is 6. The molecule has 0 spiro atoms. The molecule has 74 valence electrons. The Morgan fingerprint density at radius 3 is 2.33 bits per heavy atom. The molecule has 0 saturated carbocycles. The summed E-state index contributed by atoms with van der Waals surface area (Å²) in [5.41, 5.74) is 0.502. The van der Waals surface area contributed by atoms with E-state index in [0.717, 1.165) is 6.61 Å². The van der Waals surface area contributed by atoms with E-state index in [4.69, 9.17) is 4.43 Å². The van der Waals surface area contributed by atoms with Gasteiger partial charge < -0.3 is 4.43 Å². The summed E-state index contributed by atoms with van der Waals surface area (Å²) in [6, 6.07) is 0. The minimum atomic E-state index is -0.767. The first-order valence-electron chi connectivity index (χ1n) is 4.65. The highest BCUT2D eigenvalue weighted by molar-refractivity contribution is 14.1. The van der Waals surface area contributed by atoms with E-state index < -0.39 is 9.04 Å². The Bertz CT molecular complexity index is 115. The van der Waals surface area contributed by atoms with E-state index in [9.17, 15) is 0 Å². The molecule has 0 bridgehead atoms. The van der Waals surface area contributed by atoms with E-state index >= 15 is 0 Å². The molecule has 0 amide bonds. The van der Waals surface area contributed by atoms with Crippen molar-refractivity contribution in [3.8, 4) is 0 Å². The van der Waals surface area contributed by atoms with Crippen LogP contribution in [0.4, 0.5) is 0 Å². The Morgan fingerprint density at radius 2 is 1.92 bits per heavy atom. The zero-order valence-corrected chi connectivity index (χ0v) is 12.0. The maximum Gasteiger partial charge on any atom is 0.170 e. The van der Waals surface area contributed by atoms with Crippen molar-refractivity contribution in [3.05, 3.63) is 0 Å². The topological polar surface area (TPSA) is 9.23 Å². The van der Waals surface area contributed by atoms with E-state index in [1.165, 1.54) is 17.3 Å². The molecule has 0 N–H and O–H groups in total. The minimum absolute atomic E-state index is 0.502. The summed E-state index contributed by atoms with van der Waals surface area (Å²) in [5.74, 6) is 0. The second-order valence-corrected chi connectivity index (χ2v) is 7.51. The molecule has 0 unspecified atom stereocenters. The summed E-state index contributed by atoms with van der Waals surface area (Å²) in [6.07, 6.45) is 2.51. The van der Waals surface area contributed by atoms with Gasteiger partial charge in [-0.3, -0.25) is 0 Å². The maximum absolute atomic E-state index is 5.62. The first kappa shape index (κ1) is 12.9. The molecule has 0 saturated heterocycles. The molecule has 0 aromatic rings. The monoisotopic (exact) mass is 300 g/mol. The van der Waals surface area contributed by atoms with Crippen LogP contribution in [0.2, 0.25) is 13.1 Å². The van der Waals surface area contributed by atoms with Crippen LogP contribution >= 0.6 is 22.6 Å². The predicted molar refractivity (Wildman–Crippen MR) is 66.7 cm³/mol. The Balaban J connectivity index is 3.31. The number of alkyl halides is 1. The fourth-order valence-corrected chi connectivity index (χ4v) is 1.96. The standard InChI is InChI=1S/C9H21IOSi/c1-9(2,8-10)6-5-7-11-12(3)4/h12H,5-8H2,1-4H3. The Labute approximate surface area is 92.1 Å². The van der Waals surface area contributed by atoms with Gasteiger partial charge in [0.1, 0.15) is 0 Å². The maximum atomic E-state index is 5.62. The summed E-state index contributed by atoms with van der Waals surface area (Å²) in [6.45, 7) is 10.1. The van der Waals surface area contributed by atoms with Gasteiger partial charge in [0.05, 0.1) is 0 Å². The van der Waals surface area contributed by atoms with E-state index in [1.54, 1.807) is 0 Å². The smallest absolute Gasteiger partial charge is 0.170 e. The molecule has 12 heavy (non-hydrogen) atoms. The van der Waals surface area contributed by atoms with Crippen LogP contribution in [0.1, 0.15) is 26.7 Å². The van der Waals surface area contributed by atoms with Crippen molar-refractivity contribution in [2.75, 3.05) is 11.0 Å². The summed E-state index contributed by atoms with van der Waals surface area (Å²) < 4.78 is 6.86. The zero-order chi connectivity index (χ0) is 9.61. The van der Waals surface area contributed by atoms with Gasteiger partial charge in [0.15, 0.2) is 9.04 Å². The lowest BCUT2D eigenvalue weighted by Crippen LogP contribution is -2.15. The Hall–Kier alpha value is 0.907. The first-order valence-corrected chi connectivity index (χ1v) is 8.96. The average Bonchev–Trinajstić information content (AvgIpc) is 1.98. The van der Waals surface area contributed by atoms with Crippen LogP contribution in [-0.2, 0) is 4.43 Å². The second kappa shape index (κ2) is 6.37. The third-order valence-electron chi connectivity index (χ3n) is 1.81. The third kappa shape index (κ3) is 7.55. The van der Waals surface area contributed by atoms with Crippen LogP contribution in [0.25, 0.3) is 0 Å². The Kier molecular flexibility index (Phi) is 6.86. The first-order chi connectivity index (χ1) is 5.48. The molecule has 0 rings (SSSR count). The molecule has 0 aliphatic rings. The van der Waals surface area contributed by atoms with Crippen molar-refractivity contribution in [3.63, 3.8) is 0 Å². The molecule has 0 aromatic carbocycles. The van der Waals surface area contributed by atoms with E-state index in [2.05, 4.69) is 49.5 Å². The molecule has 0 aliphatic heterocycles. The quantitative estimate of drug-likeness (QED) is 0.317. The molecule has 0 radical (unpaired) electrons. The van der Waals surface area contributed by atoms with Crippen LogP contribution < -0.4 is 0 Å². The number of hydrogen-bond acceptors (Lipinski definition) is 1. The summed E-state index contributed by atoms with van der Waals surface area (Å²) in [5, 5.41) is 0. The predicted octanol–water partition coefficient (Wildman–Crippen LogP) is 3.23. The minimum Gasteiger partial charge on any atom is -0.421 e. The molecule has 0 heterocycles. The van der Waals surface area contributed by atoms with E-state index in [0.29, 0.717) is 5.41 Å². The van der Waals surface area contributed by atoms with Crippen LogP contribution in [0.15, 0.2) is 0 Å². The van der Waals surface area contributed by atoms with Gasteiger partial charge in [-0.25, -0.2) is 0 Å². The van der Waals surface area contributed by atoms with Gasteiger partial charge in [0.25, 0.3) is 0 Å². The largest absolute Gasteiger partial charge is 0.421 e. The van der Waals surface area contributed by atoms with Gasteiger partial charge in [-0.1, -0.05) is 36.4 Å². The van der Waals surface area contributed by atoms with Gasteiger partial charge in [0, 0.05) is 11.0 Å². The fraction of sp³-hybridized carbons (Fsp3) is 1.00. The molecule has 0 fully saturated rings. The van der Waals surface area contributed by atoms with Crippen molar-refractivity contribution >= 4 is 31.6 Å². The molecular formula is C9H21IOSi. The molecule has 0 aromatic heterocycles. The highest BCUT2D eigenvalue weighted by atomic mass is 127. The highest BCUT2D eigenvalue weighted by Gasteiger charge is 2.14. The lowest BCUT2D eigenvalue weighted by atomic mass is 9.91. The van der Waals surface area contributed by atoms with E-state index in [-0.39, 0.29) is 0 Å². The highest BCUT2D eigenvalue weighted by Crippen LogP contribution is 2.24. The van der Waals surface area contributed by atoms with Crippen molar-refractivity contribution in [2.45, 2.75) is 39.8 Å². The Morgan fingerprint density at radius 1 is 1.33 bits per heavy atom. The normalized spacial score (nSPS) is 12.5. The SMILES string of the molecule is C[SiH](C)OCCCC(C)(C)CI. The second-order valence-electron chi connectivity index (χ2n) is 4.32. The molecular weight excluding hydrogens is 279 g/mol. The van der Waals surface area contributed by atoms with Gasteiger partial charge >= 0.3 is 0 Å². The van der Waals surface area contributed by atoms with Crippen LogP contribution in [0, 0.1) is 5.41 Å². The van der Waals surface area contributed by atoms with Crippen LogP contribution in [0.5, 0.6) is 0 Å². The van der Waals surface area contributed by atoms with Crippen molar-refractivity contribution < 1.29 is 4.43 Å². The number of halogens is 1. The lowest BCUT2D eigenvalue weighted by molar-refractivity contribution is 0.277. The third-order valence-corrected chi connectivity index (χ3v) is 4.78. The van der Waals surface area contributed by atoms with Crippen molar-refractivity contribution in [1.29, 1.82) is 0 Å². The van der Waals surface area contributed by atoms with E-state index in [1.807, 2.05) is 0 Å². The van der Waals surface area contributed by atoms with Gasteiger partial charge in [-0.15, -0.1) is 0 Å². The molecule has 0 aliphatic carbocycles. The zero-order valence-electron chi connectivity index (χ0n) is 8.69. The summed E-state index contributed by atoms with van der Waals surface area (Å²) in [7, 11) is -0.767. The molecule has 3 heteroatoms. The van der Waals surface area contributed by atoms with Gasteiger partial charge in [0.2, 0.25) is 0 Å². The molecule has 1 nitrogen and oxygen atoms in total. The van der Waals surface area contributed by atoms with Crippen molar-refractivity contribution in [2.24, 2.45) is 5.41 Å². The number of hydrogen-bond donors (Lipinski definition) is 0. The van der Waals surface area contributed by atoms with Crippen LogP contribution in [-0.4, -0.2) is 20.1 Å². The van der Waals surface area contributed by atoms with Crippen molar-refractivity contribution in [1.82, 2.24) is 0 Å². The van der Waals surface area contributed by atoms with Gasteiger partial charge in [-0.05, 0) is 31.4 Å².